The quantitative estimate of drug-likeness (QED) is 0.873. The van der Waals surface area contributed by atoms with Crippen molar-refractivity contribution < 1.29 is 14.7 Å². The standard InChI is InChI=1S/C11H14ClN3O3/c1-6-8(12)9(13-14(6)2)10(16)15-5-3-4-7(15)11(17)18/h7H,3-5H2,1-2H3,(H,17,18). The Labute approximate surface area is 109 Å². The second kappa shape index (κ2) is 4.61. The first-order valence-corrected chi connectivity index (χ1v) is 6.04. The lowest BCUT2D eigenvalue weighted by Gasteiger charge is -2.20. The van der Waals surface area contributed by atoms with E-state index in [4.69, 9.17) is 16.7 Å². The highest BCUT2D eigenvalue weighted by molar-refractivity contribution is 6.34. The van der Waals surface area contributed by atoms with Crippen molar-refractivity contribution in [2.45, 2.75) is 25.8 Å². The molecule has 0 saturated carbocycles. The number of nitrogens with zero attached hydrogens (tertiary/aromatic N) is 3. The van der Waals surface area contributed by atoms with E-state index in [0.717, 1.165) is 0 Å². The first-order chi connectivity index (χ1) is 8.43. The fourth-order valence-electron chi connectivity index (χ4n) is 2.12. The molecule has 98 valence electrons. The van der Waals surface area contributed by atoms with Crippen LogP contribution in [0.15, 0.2) is 0 Å². The third-order valence-electron chi connectivity index (χ3n) is 3.26. The van der Waals surface area contributed by atoms with E-state index < -0.39 is 17.9 Å². The van der Waals surface area contributed by atoms with E-state index in [1.165, 1.54) is 9.58 Å². The monoisotopic (exact) mass is 271 g/mol. The van der Waals surface area contributed by atoms with Crippen LogP contribution in [0.5, 0.6) is 0 Å². The van der Waals surface area contributed by atoms with Crippen molar-refractivity contribution in [3.63, 3.8) is 0 Å². The van der Waals surface area contributed by atoms with E-state index >= 15 is 0 Å². The maximum absolute atomic E-state index is 12.3. The van der Waals surface area contributed by atoms with Crippen LogP contribution in [0.3, 0.4) is 0 Å². The van der Waals surface area contributed by atoms with Gasteiger partial charge in [0.2, 0.25) is 0 Å². The van der Waals surface area contributed by atoms with Crippen molar-refractivity contribution in [3.8, 4) is 0 Å². The third kappa shape index (κ3) is 1.96. The van der Waals surface area contributed by atoms with Gasteiger partial charge in [-0.05, 0) is 19.8 Å². The average molecular weight is 272 g/mol. The molecule has 0 radical (unpaired) electrons. The highest BCUT2D eigenvalue weighted by Gasteiger charge is 2.36. The minimum Gasteiger partial charge on any atom is -0.480 e. The van der Waals surface area contributed by atoms with Crippen molar-refractivity contribution >= 4 is 23.5 Å². The second-order valence-electron chi connectivity index (χ2n) is 4.37. The van der Waals surface area contributed by atoms with Gasteiger partial charge in [0.05, 0.1) is 10.7 Å². The van der Waals surface area contributed by atoms with Gasteiger partial charge >= 0.3 is 5.97 Å². The van der Waals surface area contributed by atoms with E-state index in [1.54, 1.807) is 14.0 Å². The molecular formula is C11H14ClN3O3. The zero-order valence-corrected chi connectivity index (χ0v) is 10.9. The molecular weight excluding hydrogens is 258 g/mol. The summed E-state index contributed by atoms with van der Waals surface area (Å²) in [6.07, 6.45) is 1.16. The molecule has 1 unspecified atom stereocenters. The number of carbonyl (C=O) groups is 2. The minimum atomic E-state index is -0.982. The summed E-state index contributed by atoms with van der Waals surface area (Å²) < 4.78 is 1.52. The van der Waals surface area contributed by atoms with Gasteiger partial charge in [-0.1, -0.05) is 11.6 Å². The molecule has 1 N–H and O–H groups in total. The number of amides is 1. The molecule has 1 amide bonds. The molecule has 6 nitrogen and oxygen atoms in total. The molecule has 0 bridgehead atoms. The summed E-state index contributed by atoms with van der Waals surface area (Å²) >= 11 is 6.04. The predicted octanol–water partition coefficient (Wildman–Crippen LogP) is 1.07. The Hall–Kier alpha value is -1.56. The summed E-state index contributed by atoms with van der Waals surface area (Å²) in [5, 5.41) is 13.4. The molecule has 0 spiro atoms. The highest BCUT2D eigenvalue weighted by Crippen LogP contribution is 2.25. The number of carboxylic acid groups (broad SMARTS) is 1. The van der Waals surface area contributed by atoms with Gasteiger partial charge in [0.1, 0.15) is 6.04 Å². The maximum Gasteiger partial charge on any atom is 0.326 e. The molecule has 1 aliphatic heterocycles. The van der Waals surface area contributed by atoms with Crippen molar-refractivity contribution in [2.24, 2.45) is 7.05 Å². The van der Waals surface area contributed by atoms with E-state index in [0.29, 0.717) is 30.1 Å². The zero-order valence-electron chi connectivity index (χ0n) is 10.2. The maximum atomic E-state index is 12.3. The molecule has 18 heavy (non-hydrogen) atoms. The molecule has 7 heteroatoms. The number of aliphatic carboxylic acids is 1. The largest absolute Gasteiger partial charge is 0.480 e. The number of aromatic nitrogens is 2. The molecule has 1 atom stereocenters. The number of carboxylic acids is 1. The number of aryl methyl sites for hydroxylation is 1. The summed E-state index contributed by atoms with van der Waals surface area (Å²) in [7, 11) is 1.69. The normalized spacial score (nSPS) is 19.3. The lowest BCUT2D eigenvalue weighted by molar-refractivity contribution is -0.141. The molecule has 2 rings (SSSR count). The van der Waals surface area contributed by atoms with Crippen LogP contribution in [0.2, 0.25) is 5.02 Å². The Morgan fingerprint density at radius 3 is 2.67 bits per heavy atom. The number of carbonyl (C=O) groups excluding carboxylic acids is 1. The second-order valence-corrected chi connectivity index (χ2v) is 4.74. The highest BCUT2D eigenvalue weighted by atomic mass is 35.5. The summed E-state index contributed by atoms with van der Waals surface area (Å²) in [5.74, 6) is -1.39. The van der Waals surface area contributed by atoms with Gasteiger partial charge in [0.15, 0.2) is 5.69 Å². The first kappa shape index (κ1) is 12.9. The van der Waals surface area contributed by atoms with Crippen LogP contribution in [0.25, 0.3) is 0 Å². The van der Waals surface area contributed by atoms with E-state index in [9.17, 15) is 9.59 Å². The average Bonchev–Trinajstić information content (AvgIpc) is 2.89. The van der Waals surface area contributed by atoms with Crippen molar-refractivity contribution in [1.29, 1.82) is 0 Å². The molecule has 1 aromatic heterocycles. The van der Waals surface area contributed by atoms with Crippen molar-refractivity contribution in [1.82, 2.24) is 14.7 Å². The van der Waals surface area contributed by atoms with E-state index in [-0.39, 0.29) is 5.69 Å². The van der Waals surface area contributed by atoms with Gasteiger partial charge in [-0.2, -0.15) is 5.10 Å². The zero-order chi connectivity index (χ0) is 13.4. The SMILES string of the molecule is Cc1c(Cl)c(C(=O)N2CCCC2C(=O)O)nn1C. The Balaban J connectivity index is 2.31. The lowest BCUT2D eigenvalue weighted by Crippen LogP contribution is -2.40. The molecule has 2 heterocycles. The topological polar surface area (TPSA) is 75.4 Å². The number of likely N-dealkylation sites (tertiary alicyclic amines) is 1. The van der Waals surface area contributed by atoms with Crippen LogP contribution < -0.4 is 0 Å². The van der Waals surface area contributed by atoms with Crippen LogP contribution >= 0.6 is 11.6 Å². The molecule has 0 aromatic carbocycles. The van der Waals surface area contributed by atoms with Gasteiger partial charge in [-0.25, -0.2) is 4.79 Å². The predicted molar refractivity (Wildman–Crippen MR) is 64.6 cm³/mol. The molecule has 1 aromatic rings. The lowest BCUT2D eigenvalue weighted by atomic mass is 10.2. The number of hydrogen-bond acceptors (Lipinski definition) is 3. The fourth-order valence-corrected chi connectivity index (χ4v) is 2.36. The van der Waals surface area contributed by atoms with Gasteiger partial charge in [-0.15, -0.1) is 0 Å². The van der Waals surface area contributed by atoms with Crippen LogP contribution in [-0.4, -0.2) is 44.3 Å². The van der Waals surface area contributed by atoms with Gasteiger partial charge in [0.25, 0.3) is 5.91 Å². The third-order valence-corrected chi connectivity index (χ3v) is 3.71. The van der Waals surface area contributed by atoms with Gasteiger partial charge in [0, 0.05) is 13.6 Å². The van der Waals surface area contributed by atoms with Crippen LogP contribution in [0, 0.1) is 6.92 Å². The van der Waals surface area contributed by atoms with E-state index in [2.05, 4.69) is 5.10 Å². The molecule has 0 aliphatic carbocycles. The number of hydrogen-bond donors (Lipinski definition) is 1. The number of halogens is 1. The summed E-state index contributed by atoms with van der Waals surface area (Å²) in [6.45, 7) is 2.19. The summed E-state index contributed by atoms with van der Waals surface area (Å²) in [5.41, 5.74) is 0.816. The fraction of sp³-hybridized carbons (Fsp3) is 0.545. The van der Waals surface area contributed by atoms with Crippen molar-refractivity contribution in [2.75, 3.05) is 6.54 Å². The van der Waals surface area contributed by atoms with Gasteiger partial charge in [-0.3, -0.25) is 9.48 Å². The summed E-state index contributed by atoms with van der Waals surface area (Å²) in [4.78, 5) is 24.6. The first-order valence-electron chi connectivity index (χ1n) is 5.66. The smallest absolute Gasteiger partial charge is 0.326 e. The molecule has 1 aliphatic rings. The van der Waals surface area contributed by atoms with Crippen molar-refractivity contribution in [3.05, 3.63) is 16.4 Å². The van der Waals surface area contributed by atoms with Crippen LogP contribution in [-0.2, 0) is 11.8 Å². The number of rotatable bonds is 2. The van der Waals surface area contributed by atoms with Crippen LogP contribution in [0.1, 0.15) is 29.0 Å². The molecule has 1 saturated heterocycles. The Bertz CT molecular complexity index is 512. The minimum absolute atomic E-state index is 0.129. The van der Waals surface area contributed by atoms with Crippen LogP contribution in [0.4, 0.5) is 0 Å². The van der Waals surface area contributed by atoms with Gasteiger partial charge < -0.3 is 10.0 Å². The Kier molecular flexibility index (Phi) is 3.30. The summed E-state index contributed by atoms with van der Waals surface area (Å²) in [6, 6.07) is -0.768. The Morgan fingerprint density at radius 1 is 1.50 bits per heavy atom. The van der Waals surface area contributed by atoms with E-state index in [1.807, 2.05) is 0 Å². The Morgan fingerprint density at radius 2 is 2.17 bits per heavy atom. The molecule has 1 fully saturated rings.